The molecule has 0 spiro atoms. The molecule has 0 atom stereocenters. The maximum absolute atomic E-state index is 12.7. The summed E-state index contributed by atoms with van der Waals surface area (Å²) in [6.45, 7) is 4.30. The van der Waals surface area contributed by atoms with Crippen molar-refractivity contribution >= 4 is 54.8 Å². The number of halogens is 2. The highest BCUT2D eigenvalue weighted by atomic mass is 79.9. The van der Waals surface area contributed by atoms with Crippen LogP contribution in [0.15, 0.2) is 93.1 Å². The van der Waals surface area contributed by atoms with E-state index < -0.39 is 0 Å². The molecular formula is C23H16Br2N2O2. The van der Waals surface area contributed by atoms with Gasteiger partial charge in [-0.25, -0.2) is 0 Å². The van der Waals surface area contributed by atoms with Gasteiger partial charge in [0.25, 0.3) is 11.8 Å². The molecule has 0 fully saturated rings. The maximum Gasteiger partial charge on any atom is 0.256 e. The molecule has 144 valence electrons. The number of hydrogen-bond donors (Lipinski definition) is 2. The molecule has 4 rings (SSSR count). The Morgan fingerprint density at radius 3 is 1.93 bits per heavy atom. The fourth-order valence-corrected chi connectivity index (χ4v) is 4.00. The molecular weight excluding hydrogens is 496 g/mol. The largest absolute Gasteiger partial charge is 0.348 e. The van der Waals surface area contributed by atoms with E-state index in [-0.39, 0.29) is 11.8 Å². The summed E-state index contributed by atoms with van der Waals surface area (Å²) in [5.74, 6) is -0.308. The Hall–Kier alpha value is -2.70. The number of allylic oxidation sites excluding steroid dienone is 1. The molecule has 0 aromatic heterocycles. The lowest BCUT2D eigenvalue weighted by atomic mass is 9.98. The third-order valence-corrected chi connectivity index (χ3v) is 5.87. The number of hydrogen-bond acceptors (Lipinski definition) is 2. The second-order valence-corrected chi connectivity index (χ2v) is 8.43. The predicted molar refractivity (Wildman–Crippen MR) is 122 cm³/mol. The molecule has 0 saturated heterocycles. The van der Waals surface area contributed by atoms with Crippen molar-refractivity contribution in [1.82, 2.24) is 10.6 Å². The average molecular weight is 512 g/mol. The van der Waals surface area contributed by atoms with Crippen LogP contribution in [0.5, 0.6) is 0 Å². The molecule has 2 aromatic rings. The molecule has 0 bridgehead atoms. The van der Waals surface area contributed by atoms with Crippen molar-refractivity contribution in [2.45, 2.75) is 0 Å². The van der Waals surface area contributed by atoms with Crippen molar-refractivity contribution in [2.24, 2.45) is 0 Å². The highest BCUT2D eigenvalue weighted by molar-refractivity contribution is 9.10. The maximum atomic E-state index is 12.7. The van der Waals surface area contributed by atoms with Gasteiger partial charge in [-0.2, -0.15) is 0 Å². The smallest absolute Gasteiger partial charge is 0.256 e. The van der Waals surface area contributed by atoms with Crippen LogP contribution in [0, 0.1) is 0 Å². The lowest BCUT2D eigenvalue weighted by Gasteiger charge is -2.05. The summed E-state index contributed by atoms with van der Waals surface area (Å²) < 4.78 is 1.88. The van der Waals surface area contributed by atoms with Crippen molar-refractivity contribution in [3.8, 4) is 0 Å². The van der Waals surface area contributed by atoms with Crippen LogP contribution in [0.25, 0.3) is 11.1 Å². The second-order valence-electron chi connectivity index (χ2n) is 6.60. The Morgan fingerprint density at radius 2 is 1.38 bits per heavy atom. The average Bonchev–Trinajstić information content (AvgIpc) is 3.22. The zero-order valence-corrected chi connectivity index (χ0v) is 18.4. The zero-order chi connectivity index (χ0) is 20.5. The van der Waals surface area contributed by atoms with E-state index in [0.717, 1.165) is 31.2 Å². The Labute approximate surface area is 185 Å². The molecule has 0 aliphatic carbocycles. The van der Waals surface area contributed by atoms with Gasteiger partial charge >= 0.3 is 0 Å². The summed E-state index contributed by atoms with van der Waals surface area (Å²) in [7, 11) is 0. The van der Waals surface area contributed by atoms with Gasteiger partial charge in [-0.05, 0) is 47.0 Å². The number of amides is 2. The zero-order valence-electron chi connectivity index (χ0n) is 15.3. The van der Waals surface area contributed by atoms with Crippen molar-refractivity contribution in [3.63, 3.8) is 0 Å². The lowest BCUT2D eigenvalue weighted by Crippen LogP contribution is -2.17. The summed E-state index contributed by atoms with van der Waals surface area (Å²) in [6, 6.07) is 15.2. The van der Waals surface area contributed by atoms with Crippen LogP contribution >= 0.6 is 31.9 Å². The first-order chi connectivity index (χ1) is 14.0. The van der Waals surface area contributed by atoms with Crippen molar-refractivity contribution in [3.05, 3.63) is 104 Å². The van der Waals surface area contributed by atoms with Gasteiger partial charge in [-0.1, -0.05) is 68.8 Å². The van der Waals surface area contributed by atoms with E-state index in [1.54, 1.807) is 6.08 Å². The molecule has 0 saturated carbocycles. The van der Waals surface area contributed by atoms with Gasteiger partial charge in [0.05, 0.1) is 11.1 Å². The molecule has 2 aliphatic heterocycles. The van der Waals surface area contributed by atoms with Gasteiger partial charge in [0.2, 0.25) is 0 Å². The second kappa shape index (κ2) is 7.97. The molecule has 4 nitrogen and oxygen atoms in total. The van der Waals surface area contributed by atoms with E-state index in [2.05, 4.69) is 49.1 Å². The number of nitrogens with one attached hydrogen (secondary N) is 2. The number of carbonyl (C=O) groups is 2. The van der Waals surface area contributed by atoms with Gasteiger partial charge < -0.3 is 10.6 Å². The van der Waals surface area contributed by atoms with E-state index in [1.807, 2.05) is 54.6 Å². The molecule has 2 N–H and O–H groups in total. The Bertz CT molecular complexity index is 1120. The molecule has 0 radical (unpaired) electrons. The first-order valence-electron chi connectivity index (χ1n) is 8.91. The van der Waals surface area contributed by atoms with Gasteiger partial charge in [0.15, 0.2) is 0 Å². The molecule has 0 unspecified atom stereocenters. The van der Waals surface area contributed by atoms with Crippen molar-refractivity contribution in [1.29, 1.82) is 0 Å². The van der Waals surface area contributed by atoms with Crippen LogP contribution in [0.2, 0.25) is 0 Å². The number of rotatable bonds is 4. The molecule has 2 amide bonds. The SMILES string of the molecule is C=CC1=C(c2ccc(Br)cc2)C(=O)NC1=CC1=C(c2ccc(Br)cc2)C(=O)NC1. The fourth-order valence-electron chi connectivity index (χ4n) is 3.47. The Kier molecular flexibility index (Phi) is 5.39. The standard InChI is InChI=1S/C23H16Br2N2O2/c1-2-18-19(27-23(29)21(18)14-5-9-17(25)10-6-14)11-15-12-26-22(28)20(15)13-3-7-16(24)8-4-13/h2-11H,1,12H2,(H,26,28)(H,27,29). The fraction of sp³-hybridized carbons (Fsp3) is 0.0435. The normalized spacial score (nSPS) is 17.8. The molecule has 2 heterocycles. The van der Waals surface area contributed by atoms with E-state index in [0.29, 0.717) is 23.4 Å². The van der Waals surface area contributed by atoms with E-state index in [9.17, 15) is 9.59 Å². The van der Waals surface area contributed by atoms with Gasteiger partial charge in [0, 0.05) is 26.8 Å². The predicted octanol–water partition coefficient (Wildman–Crippen LogP) is 4.75. The minimum absolute atomic E-state index is 0.124. The first-order valence-corrected chi connectivity index (χ1v) is 10.5. The number of carbonyl (C=O) groups excluding carboxylic acids is 2. The van der Waals surface area contributed by atoms with E-state index in [1.165, 1.54) is 0 Å². The van der Waals surface area contributed by atoms with Crippen LogP contribution in [0.1, 0.15) is 11.1 Å². The molecule has 6 heteroatoms. The summed E-state index contributed by atoms with van der Waals surface area (Å²) in [5, 5.41) is 5.80. The molecule has 2 aromatic carbocycles. The Balaban J connectivity index is 1.81. The third-order valence-electron chi connectivity index (χ3n) is 4.81. The van der Waals surface area contributed by atoms with E-state index in [4.69, 9.17) is 0 Å². The third kappa shape index (κ3) is 3.78. The van der Waals surface area contributed by atoms with Crippen LogP contribution in [0.4, 0.5) is 0 Å². The van der Waals surface area contributed by atoms with Crippen LogP contribution in [-0.4, -0.2) is 18.4 Å². The van der Waals surface area contributed by atoms with Gasteiger partial charge in [0.1, 0.15) is 0 Å². The van der Waals surface area contributed by atoms with E-state index >= 15 is 0 Å². The van der Waals surface area contributed by atoms with Gasteiger partial charge in [-0.15, -0.1) is 0 Å². The molecule has 29 heavy (non-hydrogen) atoms. The van der Waals surface area contributed by atoms with Crippen molar-refractivity contribution in [2.75, 3.05) is 6.54 Å². The summed E-state index contributed by atoms with van der Waals surface area (Å²) >= 11 is 6.83. The topological polar surface area (TPSA) is 58.2 Å². The molecule has 2 aliphatic rings. The summed E-state index contributed by atoms with van der Waals surface area (Å²) in [6.07, 6.45) is 3.53. The minimum Gasteiger partial charge on any atom is -0.348 e. The summed E-state index contributed by atoms with van der Waals surface area (Å²) in [4.78, 5) is 25.1. The quantitative estimate of drug-likeness (QED) is 0.622. The van der Waals surface area contributed by atoms with Crippen molar-refractivity contribution < 1.29 is 9.59 Å². The number of benzene rings is 2. The van der Waals surface area contributed by atoms with Crippen LogP contribution in [-0.2, 0) is 9.59 Å². The Morgan fingerprint density at radius 1 is 0.828 bits per heavy atom. The minimum atomic E-state index is -0.184. The van der Waals surface area contributed by atoms with Crippen LogP contribution in [0.3, 0.4) is 0 Å². The lowest BCUT2D eigenvalue weighted by molar-refractivity contribution is -0.115. The highest BCUT2D eigenvalue weighted by Gasteiger charge is 2.29. The van der Waals surface area contributed by atoms with Gasteiger partial charge in [-0.3, -0.25) is 9.59 Å². The summed E-state index contributed by atoms with van der Waals surface area (Å²) in [5.41, 5.74) is 5.01. The highest BCUT2D eigenvalue weighted by Crippen LogP contribution is 2.33. The first kappa shape index (κ1) is 19.6. The monoisotopic (exact) mass is 510 g/mol. The van der Waals surface area contributed by atoms with Crippen LogP contribution < -0.4 is 10.6 Å².